The predicted octanol–water partition coefficient (Wildman–Crippen LogP) is 5.59. The van der Waals surface area contributed by atoms with Crippen LogP contribution in [0.5, 0.6) is 0 Å². The van der Waals surface area contributed by atoms with Crippen molar-refractivity contribution >= 4 is 0 Å². The minimum Gasteiger partial charge on any atom is -0.397 e. The number of rotatable bonds is 2. The molecule has 0 heterocycles. The van der Waals surface area contributed by atoms with Gasteiger partial charge in [-0.3, -0.25) is 0 Å². The summed E-state index contributed by atoms with van der Waals surface area (Å²) in [5.41, 5.74) is 2.66. The minimum absolute atomic E-state index is 0. The van der Waals surface area contributed by atoms with E-state index in [-0.39, 0.29) is 50.2 Å². The van der Waals surface area contributed by atoms with E-state index in [0.29, 0.717) is 0 Å². The van der Waals surface area contributed by atoms with Crippen LogP contribution >= 0.6 is 0 Å². The molecule has 0 atom stereocenters. The second-order valence-corrected chi connectivity index (χ2v) is 7.13. The van der Waals surface area contributed by atoms with Crippen molar-refractivity contribution in [1.82, 2.24) is 0 Å². The summed E-state index contributed by atoms with van der Waals surface area (Å²) in [6.45, 7) is 20.4. The van der Waals surface area contributed by atoms with Crippen LogP contribution in [0.3, 0.4) is 0 Å². The second-order valence-electron chi connectivity index (χ2n) is 7.13. The van der Waals surface area contributed by atoms with Crippen molar-refractivity contribution in [3.8, 4) is 0 Å². The van der Waals surface area contributed by atoms with Gasteiger partial charge in [0.05, 0.1) is 0 Å². The molecule has 0 spiro atoms. The fourth-order valence-electron chi connectivity index (χ4n) is 1.78. The van der Waals surface area contributed by atoms with E-state index in [1.165, 1.54) is 11.1 Å². The van der Waals surface area contributed by atoms with Crippen molar-refractivity contribution in [2.24, 2.45) is 0 Å². The van der Waals surface area contributed by atoms with Crippen LogP contribution in [0.15, 0.2) is 60.7 Å². The molecule has 0 saturated heterocycles. The topological polar surface area (TPSA) is 40.5 Å². The molecule has 0 bridgehead atoms. The largest absolute Gasteiger partial charge is 2.00 e. The van der Waals surface area contributed by atoms with Gasteiger partial charge in [-0.1, -0.05) is 99.5 Å². The maximum atomic E-state index is 7.57. The average Bonchev–Trinajstić information content (AvgIpc) is 2.57. The van der Waals surface area contributed by atoms with E-state index in [9.17, 15) is 0 Å². The van der Waals surface area contributed by atoms with Gasteiger partial charge in [0.1, 0.15) is 0 Å². The first-order valence-electron chi connectivity index (χ1n) is 9.08. The molecule has 27 heavy (non-hydrogen) atoms. The summed E-state index contributed by atoms with van der Waals surface area (Å²) in [4.78, 5) is 0. The normalized spacial score (nSPS) is 9.85. The van der Waals surface area contributed by atoms with Crippen molar-refractivity contribution in [2.45, 2.75) is 52.4 Å². The molecule has 0 amide bonds. The zero-order valence-corrected chi connectivity index (χ0v) is 20.5. The summed E-state index contributed by atoms with van der Waals surface area (Å²) in [5, 5.41) is 15.1. The number of aliphatic hydroxyl groups is 2. The molecule has 150 valence electrons. The van der Waals surface area contributed by atoms with Gasteiger partial charge in [-0.25, -0.2) is 0 Å². The molecule has 0 aliphatic carbocycles. The fourth-order valence-corrected chi connectivity index (χ4v) is 1.78. The van der Waals surface area contributed by atoms with Crippen LogP contribution in [-0.2, 0) is 37.0 Å². The van der Waals surface area contributed by atoms with E-state index >= 15 is 0 Å². The van der Waals surface area contributed by atoms with E-state index in [1.54, 1.807) is 13.8 Å². The van der Waals surface area contributed by atoms with Gasteiger partial charge in [-0.2, -0.15) is 0 Å². The monoisotopic (exact) mass is 448 g/mol. The van der Waals surface area contributed by atoms with Crippen molar-refractivity contribution < 1.29 is 36.4 Å². The SMILES string of the molecule is CCO.CCO.[CH2-]C(C)(C)c1ccccc1.[CH2-]C(C)(C)c1ccccc1.[Zr+2]. The van der Waals surface area contributed by atoms with E-state index in [4.69, 9.17) is 10.2 Å². The third kappa shape index (κ3) is 18.4. The van der Waals surface area contributed by atoms with Crippen LogP contribution in [0.4, 0.5) is 0 Å². The summed E-state index contributed by atoms with van der Waals surface area (Å²) >= 11 is 0. The summed E-state index contributed by atoms with van der Waals surface area (Å²) < 4.78 is 0. The van der Waals surface area contributed by atoms with Gasteiger partial charge in [0.2, 0.25) is 0 Å². The zero-order valence-electron chi connectivity index (χ0n) is 18.0. The van der Waals surface area contributed by atoms with Gasteiger partial charge in [0, 0.05) is 13.2 Å². The molecule has 0 unspecified atom stereocenters. The zero-order chi connectivity index (χ0) is 20.6. The van der Waals surface area contributed by atoms with E-state index in [2.05, 4.69) is 65.8 Å². The van der Waals surface area contributed by atoms with Crippen LogP contribution < -0.4 is 0 Å². The Bertz CT molecular complexity index is 474. The molecule has 2 nitrogen and oxygen atoms in total. The minimum atomic E-state index is 0. The molecule has 2 N–H and O–H groups in total. The first-order valence-corrected chi connectivity index (χ1v) is 9.08. The van der Waals surface area contributed by atoms with Crippen molar-refractivity contribution in [1.29, 1.82) is 0 Å². The molecule has 2 aromatic rings. The van der Waals surface area contributed by atoms with Gasteiger partial charge < -0.3 is 24.1 Å². The molecule has 0 saturated carbocycles. The quantitative estimate of drug-likeness (QED) is 0.587. The number of hydrogen-bond donors (Lipinski definition) is 2. The Labute approximate surface area is 187 Å². The molecular formula is C24H38O2Zr. The second kappa shape index (κ2) is 17.3. The predicted molar refractivity (Wildman–Crippen MR) is 115 cm³/mol. The Morgan fingerprint density at radius 2 is 0.815 bits per heavy atom. The van der Waals surface area contributed by atoms with Crippen LogP contribution in [0.1, 0.15) is 52.7 Å². The molecule has 0 aliphatic heterocycles. The molecule has 0 aromatic heterocycles. The smallest absolute Gasteiger partial charge is 0.397 e. The van der Waals surface area contributed by atoms with Crippen LogP contribution in [0.2, 0.25) is 0 Å². The van der Waals surface area contributed by atoms with Gasteiger partial charge in [0.25, 0.3) is 0 Å². The van der Waals surface area contributed by atoms with E-state index in [0.717, 1.165) is 0 Å². The standard InChI is InChI=1S/2C10H13.2C2H6O.Zr/c2*1-10(2,3)9-7-5-4-6-8-9;2*1-2-3;/h2*4-8H,1H2,2-3H3;2*3H,2H2,1H3;/q2*-1;;;+2. The first-order chi connectivity index (χ1) is 12.0. The Morgan fingerprint density at radius 1 is 0.630 bits per heavy atom. The number of benzene rings is 2. The summed E-state index contributed by atoms with van der Waals surface area (Å²) in [6, 6.07) is 20.6. The van der Waals surface area contributed by atoms with Crippen molar-refractivity contribution in [3.63, 3.8) is 0 Å². The summed E-state index contributed by atoms with van der Waals surface area (Å²) in [7, 11) is 0. The van der Waals surface area contributed by atoms with Crippen LogP contribution in [0, 0.1) is 13.8 Å². The molecule has 2 aromatic carbocycles. The Balaban J connectivity index is -0.000000322. The summed E-state index contributed by atoms with van der Waals surface area (Å²) in [6.07, 6.45) is 0. The fraction of sp³-hybridized carbons (Fsp3) is 0.417. The Kier molecular flexibility index (Phi) is 19.9. The molecule has 0 radical (unpaired) electrons. The molecule has 0 fully saturated rings. The Morgan fingerprint density at radius 3 is 0.926 bits per heavy atom. The summed E-state index contributed by atoms with van der Waals surface area (Å²) in [5.74, 6) is 0. The molecule has 0 aliphatic rings. The maximum absolute atomic E-state index is 7.57. The third-order valence-electron chi connectivity index (χ3n) is 3.11. The van der Waals surface area contributed by atoms with Crippen LogP contribution in [0.25, 0.3) is 0 Å². The molecule has 3 heteroatoms. The number of hydrogen-bond acceptors (Lipinski definition) is 2. The molecule has 2 rings (SSSR count). The van der Waals surface area contributed by atoms with Crippen molar-refractivity contribution in [2.75, 3.05) is 13.2 Å². The average molecular weight is 450 g/mol. The van der Waals surface area contributed by atoms with E-state index in [1.807, 2.05) is 36.4 Å². The maximum Gasteiger partial charge on any atom is 2.00 e. The third-order valence-corrected chi connectivity index (χ3v) is 3.11. The van der Waals surface area contributed by atoms with Gasteiger partial charge in [0.15, 0.2) is 0 Å². The van der Waals surface area contributed by atoms with Gasteiger partial charge >= 0.3 is 26.2 Å². The Hall–Kier alpha value is -0.757. The van der Waals surface area contributed by atoms with Crippen molar-refractivity contribution in [3.05, 3.63) is 85.6 Å². The van der Waals surface area contributed by atoms with E-state index < -0.39 is 0 Å². The van der Waals surface area contributed by atoms with Crippen LogP contribution in [-0.4, -0.2) is 23.4 Å². The molecular weight excluding hydrogens is 411 g/mol. The van der Waals surface area contributed by atoms with Gasteiger partial charge in [-0.15, -0.1) is 10.8 Å². The van der Waals surface area contributed by atoms with Gasteiger partial charge in [-0.05, 0) is 13.8 Å². The number of aliphatic hydroxyl groups excluding tert-OH is 2. The first kappa shape index (κ1) is 31.0.